The Labute approximate surface area is 238 Å². The number of Topliss-reactive ketones (excluding diaryl/α,β-unsaturated/α-hetero) is 1. The van der Waals surface area contributed by atoms with Gasteiger partial charge in [-0.3, -0.25) is 9.59 Å². The first-order valence-electron chi connectivity index (χ1n) is 13.1. The second-order valence-corrected chi connectivity index (χ2v) is 9.87. The highest BCUT2D eigenvalue weighted by atomic mass is 35.5. The minimum atomic E-state index is -0.827. The summed E-state index contributed by atoms with van der Waals surface area (Å²) in [5, 5.41) is 10.4. The molecule has 0 saturated heterocycles. The van der Waals surface area contributed by atoms with Crippen molar-refractivity contribution in [1.82, 2.24) is 0 Å². The molecule has 40 heavy (non-hydrogen) atoms. The summed E-state index contributed by atoms with van der Waals surface area (Å²) < 4.78 is 24.4. The first kappa shape index (κ1) is 28.8. The van der Waals surface area contributed by atoms with Gasteiger partial charge in [0.05, 0.1) is 18.1 Å². The van der Waals surface area contributed by atoms with Gasteiger partial charge in [0.25, 0.3) is 0 Å². The van der Waals surface area contributed by atoms with Gasteiger partial charge in [-0.2, -0.15) is 0 Å². The number of para-hydroxylation sites is 1. The third kappa shape index (κ3) is 8.42. The molecule has 1 N–H and O–H groups in total. The second-order valence-electron chi connectivity index (χ2n) is 9.43. The molecule has 0 radical (unpaired) electrons. The van der Waals surface area contributed by atoms with E-state index in [9.17, 15) is 19.1 Å². The quantitative estimate of drug-likeness (QED) is 0.125. The van der Waals surface area contributed by atoms with Crippen molar-refractivity contribution in [2.75, 3.05) is 13.2 Å². The molecule has 4 rings (SSSR count). The molecule has 0 spiro atoms. The number of benzene rings is 4. The van der Waals surface area contributed by atoms with Crippen molar-refractivity contribution >= 4 is 23.4 Å². The van der Waals surface area contributed by atoms with E-state index in [1.807, 2.05) is 48.5 Å². The maximum absolute atomic E-state index is 13.1. The van der Waals surface area contributed by atoms with Gasteiger partial charge in [0.2, 0.25) is 5.78 Å². The van der Waals surface area contributed by atoms with Gasteiger partial charge in [-0.05, 0) is 90.9 Å². The van der Waals surface area contributed by atoms with Gasteiger partial charge in [-0.1, -0.05) is 60.1 Å². The van der Waals surface area contributed by atoms with E-state index in [1.54, 1.807) is 24.3 Å². The molecule has 0 aliphatic carbocycles. The highest BCUT2D eigenvalue weighted by molar-refractivity contribution is 6.30. The average Bonchev–Trinajstić information content (AvgIpc) is 2.97. The number of carboxylic acid groups (broad SMARTS) is 1. The molecule has 0 amide bonds. The number of ether oxygens (including phenoxy) is 2. The molecular formula is C33H30ClFO5. The number of aryl methyl sites for hydroxylation is 1. The van der Waals surface area contributed by atoms with Gasteiger partial charge in [0.15, 0.2) is 6.61 Å². The number of ketones is 1. The smallest absolute Gasteiger partial charge is 0.306 e. The molecule has 0 aromatic heterocycles. The number of hydrogen-bond donors (Lipinski definition) is 1. The van der Waals surface area contributed by atoms with Gasteiger partial charge in [0.1, 0.15) is 17.3 Å². The van der Waals surface area contributed by atoms with Gasteiger partial charge in [-0.15, -0.1) is 0 Å². The molecule has 0 fully saturated rings. The largest absolute Gasteiger partial charge is 0.493 e. The third-order valence-electron chi connectivity index (χ3n) is 6.59. The summed E-state index contributed by atoms with van der Waals surface area (Å²) in [5.74, 6) is -1.17. The van der Waals surface area contributed by atoms with Gasteiger partial charge < -0.3 is 14.6 Å². The number of halogens is 2. The molecule has 0 aliphatic rings. The third-order valence-corrected chi connectivity index (χ3v) is 6.84. The van der Waals surface area contributed by atoms with Crippen molar-refractivity contribution < 1.29 is 28.6 Å². The zero-order valence-electron chi connectivity index (χ0n) is 21.9. The van der Waals surface area contributed by atoms with Crippen LogP contribution < -0.4 is 9.47 Å². The van der Waals surface area contributed by atoms with E-state index in [4.69, 9.17) is 21.1 Å². The van der Waals surface area contributed by atoms with Crippen LogP contribution in [0.1, 0.15) is 35.2 Å². The van der Waals surface area contributed by atoms with E-state index in [0.717, 1.165) is 16.7 Å². The lowest BCUT2D eigenvalue weighted by atomic mass is 9.94. The van der Waals surface area contributed by atoms with E-state index in [-0.39, 0.29) is 24.8 Å². The molecule has 1 unspecified atom stereocenters. The van der Waals surface area contributed by atoms with Gasteiger partial charge in [0, 0.05) is 5.02 Å². The molecule has 7 heteroatoms. The first-order valence-corrected chi connectivity index (χ1v) is 13.5. The maximum atomic E-state index is 13.1. The number of aliphatic carboxylic acids is 1. The molecule has 0 aliphatic heterocycles. The predicted molar refractivity (Wildman–Crippen MR) is 154 cm³/mol. The van der Waals surface area contributed by atoms with Crippen LogP contribution in [0.5, 0.6) is 11.5 Å². The number of carboxylic acids is 1. The molecule has 0 saturated carbocycles. The van der Waals surface area contributed by atoms with Gasteiger partial charge >= 0.3 is 5.97 Å². The zero-order chi connectivity index (χ0) is 28.3. The van der Waals surface area contributed by atoms with Crippen molar-refractivity contribution in [3.05, 3.63) is 119 Å². The molecule has 206 valence electrons. The highest BCUT2D eigenvalue weighted by Gasteiger charge is 2.18. The summed E-state index contributed by atoms with van der Waals surface area (Å²) in [4.78, 5) is 24.6. The fourth-order valence-electron chi connectivity index (χ4n) is 4.33. The standard InChI is InChI=1S/C33H30ClFO5/c34-27-15-13-25(14-16-27)24-10-7-23(8-11-24)9-12-26(33(37)38)4-3-21-39-32-6-2-1-5-30(32)31(36)22-40-29-19-17-28(35)18-20-29/h1-2,5-8,10-11,13-20,26H,3-4,9,12,21-22H2,(H,37,38). The summed E-state index contributed by atoms with van der Waals surface area (Å²) in [6.07, 6.45) is 2.17. The van der Waals surface area contributed by atoms with Crippen molar-refractivity contribution in [2.45, 2.75) is 25.7 Å². The Morgan fingerprint density at radius 2 is 1.45 bits per heavy atom. The lowest BCUT2D eigenvalue weighted by Crippen LogP contribution is -2.16. The van der Waals surface area contributed by atoms with Crippen molar-refractivity contribution in [2.24, 2.45) is 5.92 Å². The van der Waals surface area contributed by atoms with E-state index in [2.05, 4.69) is 0 Å². The van der Waals surface area contributed by atoms with Crippen LogP contribution >= 0.6 is 11.6 Å². The van der Waals surface area contributed by atoms with E-state index in [0.29, 0.717) is 47.8 Å². The van der Waals surface area contributed by atoms with Crippen LogP contribution in [0.25, 0.3) is 11.1 Å². The Morgan fingerprint density at radius 1 is 0.800 bits per heavy atom. The molecule has 5 nitrogen and oxygen atoms in total. The average molecular weight is 561 g/mol. The number of hydrogen-bond acceptors (Lipinski definition) is 4. The van der Waals surface area contributed by atoms with Crippen LogP contribution in [-0.2, 0) is 11.2 Å². The Morgan fingerprint density at radius 3 is 2.12 bits per heavy atom. The van der Waals surface area contributed by atoms with Crippen molar-refractivity contribution in [1.29, 1.82) is 0 Å². The number of rotatable bonds is 14. The topological polar surface area (TPSA) is 72.8 Å². The molecular weight excluding hydrogens is 531 g/mol. The van der Waals surface area contributed by atoms with Crippen LogP contribution in [0.3, 0.4) is 0 Å². The molecule has 0 heterocycles. The summed E-state index contributed by atoms with van der Waals surface area (Å²) >= 11 is 5.97. The number of carbonyl (C=O) groups is 2. The molecule has 0 bridgehead atoms. The van der Waals surface area contributed by atoms with E-state index < -0.39 is 11.9 Å². The van der Waals surface area contributed by atoms with Crippen molar-refractivity contribution in [3.63, 3.8) is 0 Å². The van der Waals surface area contributed by atoms with Crippen LogP contribution in [0.4, 0.5) is 4.39 Å². The minimum absolute atomic E-state index is 0.215. The van der Waals surface area contributed by atoms with E-state index >= 15 is 0 Å². The Bertz CT molecular complexity index is 1400. The molecule has 4 aromatic carbocycles. The lowest BCUT2D eigenvalue weighted by Gasteiger charge is -2.14. The molecule has 4 aromatic rings. The summed E-state index contributed by atoms with van der Waals surface area (Å²) in [7, 11) is 0. The van der Waals surface area contributed by atoms with Crippen LogP contribution in [0.2, 0.25) is 5.02 Å². The monoisotopic (exact) mass is 560 g/mol. The predicted octanol–water partition coefficient (Wildman–Crippen LogP) is 7.90. The Kier molecular flexibility index (Phi) is 10.3. The fourth-order valence-corrected chi connectivity index (χ4v) is 4.46. The van der Waals surface area contributed by atoms with Crippen LogP contribution in [0.15, 0.2) is 97.1 Å². The van der Waals surface area contributed by atoms with Crippen molar-refractivity contribution in [3.8, 4) is 22.6 Å². The van der Waals surface area contributed by atoms with Crippen LogP contribution in [-0.4, -0.2) is 30.1 Å². The Balaban J connectivity index is 1.24. The maximum Gasteiger partial charge on any atom is 0.306 e. The minimum Gasteiger partial charge on any atom is -0.493 e. The Hall–Kier alpha value is -4.16. The summed E-state index contributed by atoms with van der Waals surface area (Å²) in [6.45, 7) is 0.0659. The lowest BCUT2D eigenvalue weighted by molar-refractivity contribution is -0.142. The molecule has 1 atom stereocenters. The zero-order valence-corrected chi connectivity index (χ0v) is 22.6. The van der Waals surface area contributed by atoms with Gasteiger partial charge in [-0.25, -0.2) is 4.39 Å². The normalized spacial score (nSPS) is 11.6. The first-order chi connectivity index (χ1) is 19.4. The SMILES string of the molecule is O=C(COc1ccc(F)cc1)c1ccccc1OCCCC(CCc1ccc(-c2ccc(Cl)cc2)cc1)C(=O)O. The van der Waals surface area contributed by atoms with E-state index in [1.165, 1.54) is 24.3 Å². The summed E-state index contributed by atoms with van der Waals surface area (Å²) in [5.41, 5.74) is 3.60. The van der Waals surface area contributed by atoms with Crippen LogP contribution in [0, 0.1) is 11.7 Å². The summed E-state index contributed by atoms with van der Waals surface area (Å²) in [6, 6.07) is 28.1. The second kappa shape index (κ2) is 14.3. The highest BCUT2D eigenvalue weighted by Crippen LogP contribution is 2.24. The number of carbonyl (C=O) groups excluding carboxylic acids is 1. The fraction of sp³-hybridized carbons (Fsp3) is 0.212.